The largest absolute Gasteiger partial charge is 0.0991 e. The van der Waals surface area contributed by atoms with Crippen LogP contribution in [0.2, 0.25) is 0 Å². The summed E-state index contributed by atoms with van der Waals surface area (Å²) < 4.78 is 0. The fourth-order valence-electron chi connectivity index (χ4n) is 9.38. The van der Waals surface area contributed by atoms with Gasteiger partial charge >= 0.3 is 0 Å². The molecule has 0 heterocycles. The quantitative estimate of drug-likeness (QED) is 0.0899. The van der Waals surface area contributed by atoms with Crippen LogP contribution in [0.1, 0.15) is 121 Å². The van der Waals surface area contributed by atoms with Crippen LogP contribution in [-0.2, 0) is 0 Å². The molecular weight excluding hydrogens is 769 g/mol. The van der Waals surface area contributed by atoms with Crippen LogP contribution in [-0.4, -0.2) is 0 Å². The minimum atomic E-state index is 0.467. The smallest absolute Gasteiger partial charge is 0.00928 e. The van der Waals surface area contributed by atoms with Crippen LogP contribution in [0.15, 0.2) is 187 Å². The van der Waals surface area contributed by atoms with Crippen molar-refractivity contribution in [2.45, 2.75) is 116 Å². The van der Waals surface area contributed by atoms with Gasteiger partial charge in [0.1, 0.15) is 0 Å². The third-order valence-corrected chi connectivity index (χ3v) is 12.9. The Balaban J connectivity index is 0.000000285. The summed E-state index contributed by atoms with van der Waals surface area (Å²) in [7, 11) is 0. The molecule has 0 spiro atoms. The van der Waals surface area contributed by atoms with Crippen LogP contribution in [0.25, 0.3) is 65.3 Å². The Morgan fingerprint density at radius 1 is 0.578 bits per heavy atom. The molecule has 0 nitrogen and oxygen atoms in total. The molecule has 0 N–H and O–H groups in total. The second-order valence-corrected chi connectivity index (χ2v) is 16.5. The molecule has 0 saturated carbocycles. The SMILES string of the molecule is C=C/C=C(\C)C(C)C(C)C(CC)C1=C(/C=C\C)C=C1CC.CC.CC.CC.CC(C)c1ccc(-c2ccc3c4ccccc4c4ccccc4c3c2)c(-c2cccc3ccccc23)c1. The summed E-state index contributed by atoms with van der Waals surface area (Å²) in [6.07, 6.45) is 13.2. The molecule has 0 aromatic heterocycles. The Labute approximate surface area is 389 Å². The maximum Gasteiger partial charge on any atom is -0.00928 e. The number of rotatable bonds is 11. The molecule has 0 radical (unpaired) electrons. The zero-order valence-corrected chi connectivity index (χ0v) is 41.9. The summed E-state index contributed by atoms with van der Waals surface area (Å²) in [6.45, 7) is 34.1. The van der Waals surface area contributed by atoms with Crippen LogP contribution < -0.4 is 0 Å². The molecule has 0 fully saturated rings. The van der Waals surface area contributed by atoms with Crippen molar-refractivity contribution in [2.24, 2.45) is 17.8 Å². The maximum atomic E-state index is 3.83. The van der Waals surface area contributed by atoms with Gasteiger partial charge in [0.05, 0.1) is 0 Å². The molecule has 3 atom stereocenters. The van der Waals surface area contributed by atoms with E-state index in [0.29, 0.717) is 23.7 Å². The molecule has 1 aliphatic rings. The van der Waals surface area contributed by atoms with Crippen LogP contribution >= 0.6 is 0 Å². The molecule has 1 aliphatic carbocycles. The number of benzene rings is 7. The van der Waals surface area contributed by atoms with E-state index in [1.807, 2.05) is 47.6 Å². The molecule has 64 heavy (non-hydrogen) atoms. The Morgan fingerprint density at radius 2 is 1.12 bits per heavy atom. The fraction of sp³-hybridized carbons (Fsp3) is 0.312. The van der Waals surface area contributed by atoms with E-state index in [9.17, 15) is 0 Å². The van der Waals surface area contributed by atoms with Gasteiger partial charge in [0, 0.05) is 0 Å². The van der Waals surface area contributed by atoms with Gasteiger partial charge in [-0.25, -0.2) is 0 Å². The first kappa shape index (κ1) is 50.9. The molecule has 0 saturated heterocycles. The molecule has 334 valence electrons. The summed E-state index contributed by atoms with van der Waals surface area (Å²) in [5.74, 6) is 2.36. The first-order chi connectivity index (χ1) is 31.2. The fourth-order valence-corrected chi connectivity index (χ4v) is 9.38. The molecule has 0 amide bonds. The summed E-state index contributed by atoms with van der Waals surface area (Å²) in [4.78, 5) is 0. The van der Waals surface area contributed by atoms with Crippen molar-refractivity contribution in [3.63, 3.8) is 0 Å². The molecule has 0 aliphatic heterocycles. The highest BCUT2D eigenvalue weighted by molar-refractivity contribution is 6.25. The van der Waals surface area contributed by atoms with E-state index in [1.165, 1.54) is 88.5 Å². The van der Waals surface area contributed by atoms with E-state index < -0.39 is 0 Å². The van der Waals surface area contributed by atoms with Crippen LogP contribution in [0, 0.1) is 17.8 Å². The zero-order chi connectivity index (χ0) is 46.9. The highest BCUT2D eigenvalue weighted by Gasteiger charge is 2.31. The number of allylic oxidation sites excluding steroid dienone is 9. The standard InChI is InChI=1S/C37H28.C21H32.3C2H6/c1-24(2)26-18-20-29(36(22-26)30-17-9-11-25-10-3-4-12-28(25)30)27-19-21-35-33-15-6-5-13-31(33)32-14-7-8-16-34(32)37(35)23-27;1-8-12-15(5)16(6)17(7)20(11-4)21-18(10-3)14-19(21)13-9-2;3*1-2/h3-24H,1-2H3;8-9,12-14,16-17,20H,1,10-11H2,2-7H3;3*1-2H3/b;13-9-,15-12+;;;. The predicted octanol–water partition coefficient (Wildman–Crippen LogP) is 20.5. The number of hydrogen-bond acceptors (Lipinski definition) is 0. The summed E-state index contributed by atoms with van der Waals surface area (Å²) in [5.41, 5.74) is 12.5. The van der Waals surface area contributed by atoms with Gasteiger partial charge in [0.25, 0.3) is 0 Å². The molecule has 0 bridgehead atoms. The minimum Gasteiger partial charge on any atom is -0.0991 e. The third-order valence-electron chi connectivity index (χ3n) is 12.9. The van der Waals surface area contributed by atoms with E-state index in [2.05, 4.69) is 214 Å². The monoisotopic (exact) mass is 847 g/mol. The van der Waals surface area contributed by atoms with Crippen molar-refractivity contribution in [1.82, 2.24) is 0 Å². The molecule has 3 unspecified atom stereocenters. The van der Waals surface area contributed by atoms with E-state index in [4.69, 9.17) is 0 Å². The Hall–Kier alpha value is -5.72. The first-order valence-corrected chi connectivity index (χ1v) is 24.5. The van der Waals surface area contributed by atoms with Crippen LogP contribution in [0.3, 0.4) is 0 Å². The van der Waals surface area contributed by atoms with Crippen molar-refractivity contribution in [2.75, 3.05) is 0 Å². The second-order valence-electron chi connectivity index (χ2n) is 16.5. The maximum absolute atomic E-state index is 3.83. The second kappa shape index (κ2) is 24.9. The van der Waals surface area contributed by atoms with Crippen molar-refractivity contribution in [1.29, 1.82) is 0 Å². The molecule has 7 aromatic rings. The van der Waals surface area contributed by atoms with Crippen molar-refractivity contribution >= 4 is 43.1 Å². The van der Waals surface area contributed by atoms with Crippen LogP contribution in [0.4, 0.5) is 0 Å². The number of fused-ring (bicyclic) bond motifs is 7. The summed E-state index contributed by atoms with van der Waals surface area (Å²) in [6, 6.07) is 47.1. The topological polar surface area (TPSA) is 0 Å². The average molecular weight is 847 g/mol. The van der Waals surface area contributed by atoms with Crippen LogP contribution in [0.5, 0.6) is 0 Å². The van der Waals surface area contributed by atoms with E-state index in [0.717, 1.165) is 6.42 Å². The lowest BCUT2D eigenvalue weighted by molar-refractivity contribution is 0.317. The van der Waals surface area contributed by atoms with Gasteiger partial charge in [-0.2, -0.15) is 0 Å². The highest BCUT2D eigenvalue weighted by Crippen LogP contribution is 2.44. The van der Waals surface area contributed by atoms with E-state index in [1.54, 1.807) is 11.1 Å². The predicted molar refractivity (Wildman–Crippen MR) is 292 cm³/mol. The Morgan fingerprint density at radius 3 is 1.67 bits per heavy atom. The number of hydrogen-bond donors (Lipinski definition) is 0. The third kappa shape index (κ3) is 11.0. The average Bonchev–Trinajstić information content (AvgIpc) is 3.35. The molecule has 7 aromatic carbocycles. The summed E-state index contributed by atoms with van der Waals surface area (Å²) >= 11 is 0. The minimum absolute atomic E-state index is 0.467. The van der Waals surface area contributed by atoms with Gasteiger partial charge < -0.3 is 0 Å². The highest BCUT2D eigenvalue weighted by atomic mass is 14.4. The molecule has 8 rings (SSSR count). The van der Waals surface area contributed by atoms with Gasteiger partial charge in [-0.3, -0.25) is 0 Å². The van der Waals surface area contributed by atoms with E-state index >= 15 is 0 Å². The Bertz CT molecular complexity index is 2700. The molecule has 0 heteroatoms. The Kier molecular flexibility index (Phi) is 19.8. The van der Waals surface area contributed by atoms with Gasteiger partial charge in [-0.1, -0.05) is 247 Å². The zero-order valence-electron chi connectivity index (χ0n) is 41.9. The van der Waals surface area contributed by atoms with Crippen molar-refractivity contribution in [3.05, 3.63) is 192 Å². The lowest BCUT2D eigenvalue weighted by Gasteiger charge is -2.36. The van der Waals surface area contributed by atoms with Crippen molar-refractivity contribution < 1.29 is 0 Å². The summed E-state index contributed by atoms with van der Waals surface area (Å²) in [5, 5.41) is 10.4. The van der Waals surface area contributed by atoms with Gasteiger partial charge in [-0.05, 0) is 144 Å². The normalized spacial score (nSPS) is 13.7. The first-order valence-electron chi connectivity index (χ1n) is 24.5. The molecular formula is C64H78. The van der Waals surface area contributed by atoms with Gasteiger partial charge in [0.2, 0.25) is 0 Å². The lowest BCUT2D eigenvalue weighted by Crippen LogP contribution is -2.25. The lowest BCUT2D eigenvalue weighted by atomic mass is 9.68. The van der Waals surface area contributed by atoms with Gasteiger partial charge in [0.15, 0.2) is 0 Å². The van der Waals surface area contributed by atoms with E-state index in [-0.39, 0.29) is 0 Å². The van der Waals surface area contributed by atoms with Gasteiger partial charge in [-0.15, -0.1) is 0 Å². The van der Waals surface area contributed by atoms with Crippen molar-refractivity contribution in [3.8, 4) is 22.3 Å².